The van der Waals surface area contributed by atoms with Crippen molar-refractivity contribution < 1.29 is 14.7 Å². The smallest absolute Gasteiger partial charge is 0.335 e. The van der Waals surface area contributed by atoms with Gasteiger partial charge in [-0.25, -0.2) is 9.59 Å². The van der Waals surface area contributed by atoms with Crippen LogP contribution in [0.4, 0.5) is 10.5 Å². The summed E-state index contributed by atoms with van der Waals surface area (Å²) in [4.78, 5) is 24.7. The Bertz CT molecular complexity index is 538. The lowest BCUT2D eigenvalue weighted by atomic mass is 10.2. The predicted octanol–water partition coefficient (Wildman–Crippen LogP) is 3.01. The second kappa shape index (κ2) is 6.37. The van der Waals surface area contributed by atoms with Gasteiger partial charge in [-0.2, -0.15) is 11.8 Å². The molecule has 1 saturated heterocycles. The number of thioether (sulfide) groups is 1. The molecule has 1 atom stereocenters. The maximum absolute atomic E-state index is 12.1. The number of amides is 2. The zero-order valence-electron chi connectivity index (χ0n) is 10.9. The van der Waals surface area contributed by atoms with Crippen LogP contribution in [0, 0.1) is 0 Å². The van der Waals surface area contributed by atoms with Crippen LogP contribution in [-0.4, -0.2) is 46.1 Å². The molecule has 1 aromatic rings. The van der Waals surface area contributed by atoms with E-state index in [1.54, 1.807) is 4.90 Å². The van der Waals surface area contributed by atoms with Gasteiger partial charge < -0.3 is 15.3 Å². The summed E-state index contributed by atoms with van der Waals surface area (Å²) in [7, 11) is 0. The molecule has 1 heterocycles. The van der Waals surface area contributed by atoms with Gasteiger partial charge in [-0.05, 0) is 18.2 Å². The summed E-state index contributed by atoms with van der Waals surface area (Å²) in [6.45, 7) is 3.48. The van der Waals surface area contributed by atoms with Crippen LogP contribution >= 0.6 is 23.4 Å². The number of nitrogens with zero attached hydrogens (tertiary/aromatic N) is 1. The molecule has 1 fully saturated rings. The minimum Gasteiger partial charge on any atom is -0.478 e. The van der Waals surface area contributed by atoms with Crippen molar-refractivity contribution in [3.8, 4) is 0 Å². The highest BCUT2D eigenvalue weighted by molar-refractivity contribution is 7.99. The van der Waals surface area contributed by atoms with E-state index in [1.165, 1.54) is 18.2 Å². The van der Waals surface area contributed by atoms with E-state index in [-0.39, 0.29) is 16.6 Å². The summed E-state index contributed by atoms with van der Waals surface area (Å²) in [5.41, 5.74) is 0.517. The molecule has 0 bridgehead atoms. The van der Waals surface area contributed by atoms with Gasteiger partial charge in [-0.3, -0.25) is 0 Å². The van der Waals surface area contributed by atoms with Crippen molar-refractivity contribution in [1.29, 1.82) is 0 Å². The molecule has 1 aliphatic heterocycles. The Morgan fingerprint density at radius 1 is 1.50 bits per heavy atom. The summed E-state index contributed by atoms with van der Waals surface area (Å²) in [5, 5.41) is 12.2. The Labute approximate surface area is 126 Å². The van der Waals surface area contributed by atoms with Gasteiger partial charge in [0.1, 0.15) is 0 Å². The van der Waals surface area contributed by atoms with Gasteiger partial charge in [0.2, 0.25) is 0 Å². The van der Waals surface area contributed by atoms with E-state index in [0.29, 0.717) is 24.0 Å². The number of nitrogens with one attached hydrogen (secondary N) is 1. The van der Waals surface area contributed by atoms with Crippen molar-refractivity contribution in [3.63, 3.8) is 0 Å². The lowest BCUT2D eigenvalue weighted by molar-refractivity contribution is 0.0697. The average molecular weight is 315 g/mol. The van der Waals surface area contributed by atoms with Gasteiger partial charge in [0.05, 0.1) is 16.3 Å². The molecule has 0 saturated carbocycles. The van der Waals surface area contributed by atoms with Gasteiger partial charge in [-0.15, -0.1) is 0 Å². The highest BCUT2D eigenvalue weighted by Crippen LogP contribution is 2.24. The van der Waals surface area contributed by atoms with Gasteiger partial charge in [-0.1, -0.05) is 18.5 Å². The Morgan fingerprint density at radius 2 is 2.25 bits per heavy atom. The van der Waals surface area contributed by atoms with Gasteiger partial charge >= 0.3 is 12.0 Å². The zero-order valence-corrected chi connectivity index (χ0v) is 12.5. The third-order valence-corrected chi connectivity index (χ3v) is 4.44. The molecule has 0 radical (unpaired) electrons. The quantitative estimate of drug-likeness (QED) is 0.880. The third-order valence-electron chi connectivity index (χ3n) is 2.99. The molecular formula is C13H15ClN2O3S. The van der Waals surface area contributed by atoms with E-state index in [0.717, 1.165) is 5.75 Å². The number of aromatic carboxylic acids is 1. The van der Waals surface area contributed by atoms with Crippen molar-refractivity contribution in [3.05, 3.63) is 28.8 Å². The monoisotopic (exact) mass is 314 g/mol. The number of benzene rings is 1. The molecule has 1 unspecified atom stereocenters. The number of hydrogen-bond acceptors (Lipinski definition) is 3. The zero-order chi connectivity index (χ0) is 14.7. The minimum absolute atomic E-state index is 0.0935. The number of hydrogen-bond donors (Lipinski definition) is 2. The second-order valence-electron chi connectivity index (χ2n) is 4.56. The van der Waals surface area contributed by atoms with E-state index in [1.807, 2.05) is 11.8 Å². The van der Waals surface area contributed by atoms with E-state index in [9.17, 15) is 9.59 Å². The first kappa shape index (κ1) is 15.0. The van der Waals surface area contributed by atoms with E-state index in [2.05, 4.69) is 12.2 Å². The van der Waals surface area contributed by atoms with Crippen LogP contribution in [0.25, 0.3) is 0 Å². The first-order valence-corrected chi connectivity index (χ1v) is 7.60. The number of urea groups is 1. The summed E-state index contributed by atoms with van der Waals surface area (Å²) in [6, 6.07) is 4.04. The van der Waals surface area contributed by atoms with E-state index >= 15 is 0 Å². The third kappa shape index (κ3) is 3.58. The molecule has 7 heteroatoms. The molecular weight excluding hydrogens is 300 g/mol. The Hall–Kier alpha value is -1.40. The number of carboxylic acids is 1. The van der Waals surface area contributed by atoms with E-state index < -0.39 is 5.97 Å². The topological polar surface area (TPSA) is 69.6 Å². The van der Waals surface area contributed by atoms with Crippen LogP contribution in [0.5, 0.6) is 0 Å². The number of anilines is 1. The molecule has 0 spiro atoms. The molecule has 0 aliphatic carbocycles. The molecule has 1 aromatic carbocycles. The maximum Gasteiger partial charge on any atom is 0.335 e. The van der Waals surface area contributed by atoms with Crippen LogP contribution in [0.2, 0.25) is 5.02 Å². The molecule has 2 rings (SSSR count). The predicted molar refractivity (Wildman–Crippen MR) is 80.9 cm³/mol. The van der Waals surface area contributed by atoms with Crippen molar-refractivity contribution in [1.82, 2.24) is 4.90 Å². The fourth-order valence-electron chi connectivity index (χ4n) is 1.95. The molecule has 0 aromatic heterocycles. The summed E-state index contributed by atoms with van der Waals surface area (Å²) in [6.07, 6.45) is 0. The van der Waals surface area contributed by atoms with Crippen LogP contribution in [0.15, 0.2) is 18.2 Å². The standard InChI is InChI=1S/C13H15ClN2O3S/c1-8-7-16(4-5-20-8)13(19)15-11-3-2-9(12(17)18)6-10(11)14/h2-3,6,8H,4-5,7H2,1H3,(H,15,19)(H,17,18). The van der Waals surface area contributed by atoms with Crippen LogP contribution < -0.4 is 5.32 Å². The van der Waals surface area contributed by atoms with Crippen LogP contribution in [0.1, 0.15) is 17.3 Å². The van der Waals surface area contributed by atoms with Crippen molar-refractivity contribution in [2.75, 3.05) is 24.2 Å². The lowest BCUT2D eigenvalue weighted by Gasteiger charge is -2.30. The number of halogens is 1. The molecule has 1 aliphatic rings. The Kier molecular flexibility index (Phi) is 4.77. The van der Waals surface area contributed by atoms with Crippen LogP contribution in [-0.2, 0) is 0 Å². The molecule has 2 amide bonds. The normalized spacial score (nSPS) is 18.7. The van der Waals surface area contributed by atoms with Gasteiger partial charge in [0.15, 0.2) is 0 Å². The molecule has 2 N–H and O–H groups in total. The summed E-state index contributed by atoms with van der Waals surface area (Å²) in [5.74, 6) is -0.132. The Balaban J connectivity index is 2.06. The fourth-order valence-corrected chi connectivity index (χ4v) is 3.19. The summed E-state index contributed by atoms with van der Waals surface area (Å²) < 4.78 is 0. The molecule has 20 heavy (non-hydrogen) atoms. The highest BCUT2D eigenvalue weighted by atomic mass is 35.5. The van der Waals surface area contributed by atoms with Crippen molar-refractivity contribution in [2.45, 2.75) is 12.2 Å². The summed E-state index contributed by atoms with van der Waals surface area (Å²) >= 11 is 7.83. The van der Waals surface area contributed by atoms with Gasteiger partial charge in [0.25, 0.3) is 0 Å². The average Bonchev–Trinajstić information content (AvgIpc) is 2.40. The van der Waals surface area contributed by atoms with Crippen molar-refractivity contribution in [2.24, 2.45) is 0 Å². The SMILES string of the molecule is CC1CN(C(=O)Nc2ccc(C(=O)O)cc2Cl)CCS1. The highest BCUT2D eigenvalue weighted by Gasteiger charge is 2.21. The van der Waals surface area contributed by atoms with Gasteiger partial charge in [0, 0.05) is 24.1 Å². The number of carbonyl (C=O) groups is 2. The lowest BCUT2D eigenvalue weighted by Crippen LogP contribution is -2.43. The van der Waals surface area contributed by atoms with Crippen LogP contribution in [0.3, 0.4) is 0 Å². The number of rotatable bonds is 2. The number of carboxylic acid groups (broad SMARTS) is 1. The molecule has 108 valence electrons. The number of carbonyl (C=O) groups excluding carboxylic acids is 1. The fraction of sp³-hybridized carbons (Fsp3) is 0.385. The molecule has 5 nitrogen and oxygen atoms in total. The largest absolute Gasteiger partial charge is 0.478 e. The van der Waals surface area contributed by atoms with E-state index in [4.69, 9.17) is 16.7 Å². The Morgan fingerprint density at radius 3 is 2.85 bits per heavy atom. The first-order valence-electron chi connectivity index (χ1n) is 6.17. The maximum atomic E-state index is 12.1. The second-order valence-corrected chi connectivity index (χ2v) is 6.51. The van der Waals surface area contributed by atoms with Crippen molar-refractivity contribution >= 4 is 41.1 Å². The minimum atomic E-state index is -1.05. The first-order chi connectivity index (χ1) is 9.47.